The fourth-order valence-electron chi connectivity index (χ4n) is 3.32. The molecule has 1 saturated heterocycles. The van der Waals surface area contributed by atoms with Crippen LogP contribution in [0, 0.1) is 13.8 Å². The number of para-hydroxylation sites is 1. The fourth-order valence-corrected chi connectivity index (χ4v) is 3.32. The van der Waals surface area contributed by atoms with E-state index in [1.165, 1.54) is 0 Å². The van der Waals surface area contributed by atoms with Crippen LogP contribution in [0.25, 0.3) is 0 Å². The summed E-state index contributed by atoms with van der Waals surface area (Å²) in [6.45, 7) is 7.75. The molecular weight excluding hydrogens is 304 g/mol. The highest BCUT2D eigenvalue weighted by molar-refractivity contribution is 5.97. The van der Waals surface area contributed by atoms with Crippen molar-refractivity contribution in [2.45, 2.75) is 39.7 Å². The lowest BCUT2D eigenvalue weighted by molar-refractivity contribution is 0.0667. The smallest absolute Gasteiger partial charge is 0.257 e. The summed E-state index contributed by atoms with van der Waals surface area (Å²) >= 11 is 0. The molecule has 0 spiro atoms. The Balaban J connectivity index is 1.80. The van der Waals surface area contributed by atoms with Crippen molar-refractivity contribution < 1.29 is 9.53 Å². The third-order valence-corrected chi connectivity index (χ3v) is 4.35. The Morgan fingerprint density at radius 2 is 2.12 bits per heavy atom. The molecule has 1 aliphatic rings. The van der Waals surface area contributed by atoms with Gasteiger partial charge in [0.25, 0.3) is 5.91 Å². The molecule has 2 aromatic rings. The zero-order valence-electron chi connectivity index (χ0n) is 14.5. The molecular formula is C18H24N4O2. The molecule has 0 N–H and O–H groups in total. The highest BCUT2D eigenvalue weighted by Crippen LogP contribution is 2.26. The Bertz CT molecular complexity index is 726. The molecule has 1 aliphatic heterocycles. The predicted molar refractivity (Wildman–Crippen MR) is 91.3 cm³/mol. The molecule has 1 aromatic heterocycles. The molecule has 3 rings (SSSR count). The summed E-state index contributed by atoms with van der Waals surface area (Å²) in [5.41, 5.74) is 0.631. The number of carbonyl (C=O) groups excluding carboxylic acids is 1. The molecule has 6 heteroatoms. The molecule has 0 radical (unpaired) electrons. The van der Waals surface area contributed by atoms with Gasteiger partial charge in [0, 0.05) is 13.1 Å². The zero-order valence-corrected chi connectivity index (χ0v) is 14.5. The van der Waals surface area contributed by atoms with E-state index >= 15 is 0 Å². The lowest BCUT2D eigenvalue weighted by Gasteiger charge is -2.33. The van der Waals surface area contributed by atoms with Crippen molar-refractivity contribution in [3.63, 3.8) is 0 Å². The molecule has 1 aromatic carbocycles. The first-order valence-corrected chi connectivity index (χ1v) is 8.51. The maximum atomic E-state index is 13.0. The zero-order chi connectivity index (χ0) is 17.1. The standard InChI is InChI=1S/C18H24N4O2/c1-4-24-17-10-6-5-9-16(17)18(23)21-11-7-8-15(12-21)22-14(3)19-13(2)20-22/h5-6,9-10,15H,4,7-8,11-12H2,1-3H3/t15-/m1/s1. The molecule has 128 valence electrons. The number of hydrogen-bond acceptors (Lipinski definition) is 4. The average Bonchev–Trinajstić information content (AvgIpc) is 2.93. The van der Waals surface area contributed by atoms with Gasteiger partial charge in [-0.1, -0.05) is 12.1 Å². The van der Waals surface area contributed by atoms with Crippen LogP contribution in [0.1, 0.15) is 47.8 Å². The highest BCUT2D eigenvalue weighted by atomic mass is 16.5. The van der Waals surface area contributed by atoms with E-state index < -0.39 is 0 Å². The second kappa shape index (κ2) is 7.03. The van der Waals surface area contributed by atoms with Crippen LogP contribution < -0.4 is 4.74 Å². The van der Waals surface area contributed by atoms with Gasteiger partial charge in [-0.15, -0.1) is 0 Å². The number of benzene rings is 1. The predicted octanol–water partition coefficient (Wildman–Crippen LogP) is 2.77. The second-order valence-electron chi connectivity index (χ2n) is 6.13. The van der Waals surface area contributed by atoms with E-state index in [9.17, 15) is 4.79 Å². The van der Waals surface area contributed by atoms with Crippen LogP contribution in [0.15, 0.2) is 24.3 Å². The van der Waals surface area contributed by atoms with Crippen molar-refractivity contribution in [2.24, 2.45) is 0 Å². The summed E-state index contributed by atoms with van der Waals surface area (Å²) in [5.74, 6) is 2.36. The number of rotatable bonds is 4. The molecule has 0 bridgehead atoms. The van der Waals surface area contributed by atoms with Gasteiger partial charge in [-0.25, -0.2) is 9.67 Å². The first-order chi connectivity index (χ1) is 11.6. The lowest BCUT2D eigenvalue weighted by atomic mass is 10.0. The number of hydrogen-bond donors (Lipinski definition) is 0. The largest absolute Gasteiger partial charge is 0.493 e. The number of ether oxygens (including phenoxy) is 1. The number of aryl methyl sites for hydroxylation is 2. The summed E-state index contributed by atoms with van der Waals surface area (Å²) in [4.78, 5) is 19.2. The van der Waals surface area contributed by atoms with Gasteiger partial charge in [0.15, 0.2) is 0 Å². The van der Waals surface area contributed by atoms with Crippen LogP contribution in [0.3, 0.4) is 0 Å². The summed E-state index contributed by atoms with van der Waals surface area (Å²) < 4.78 is 7.57. The number of amides is 1. The van der Waals surface area contributed by atoms with E-state index in [1.807, 2.05) is 54.6 Å². The Kier molecular flexibility index (Phi) is 4.83. The summed E-state index contributed by atoms with van der Waals surface area (Å²) in [5, 5.41) is 4.49. The minimum atomic E-state index is 0.0261. The Hall–Kier alpha value is -2.37. The number of nitrogens with zero attached hydrogens (tertiary/aromatic N) is 4. The van der Waals surface area contributed by atoms with Crippen LogP contribution in [-0.4, -0.2) is 45.3 Å². The van der Waals surface area contributed by atoms with Gasteiger partial charge >= 0.3 is 0 Å². The van der Waals surface area contributed by atoms with E-state index in [0.717, 1.165) is 31.0 Å². The SMILES string of the molecule is CCOc1ccccc1C(=O)N1CCC[C@@H](n2nc(C)nc2C)C1. The molecule has 1 atom stereocenters. The Morgan fingerprint density at radius 1 is 1.33 bits per heavy atom. The fraction of sp³-hybridized carbons (Fsp3) is 0.500. The van der Waals surface area contributed by atoms with Gasteiger partial charge in [0.2, 0.25) is 0 Å². The average molecular weight is 328 g/mol. The van der Waals surface area contributed by atoms with Crippen molar-refractivity contribution >= 4 is 5.91 Å². The Labute approximate surface area is 142 Å². The van der Waals surface area contributed by atoms with Gasteiger partial charge in [-0.3, -0.25) is 4.79 Å². The quantitative estimate of drug-likeness (QED) is 0.866. The molecule has 0 unspecified atom stereocenters. The maximum absolute atomic E-state index is 13.0. The van der Waals surface area contributed by atoms with Gasteiger partial charge in [-0.2, -0.15) is 5.10 Å². The van der Waals surface area contributed by atoms with E-state index in [2.05, 4.69) is 10.1 Å². The van der Waals surface area contributed by atoms with Crippen molar-refractivity contribution in [3.8, 4) is 5.75 Å². The number of likely N-dealkylation sites (tertiary alicyclic amines) is 1. The number of aromatic nitrogens is 3. The van der Waals surface area contributed by atoms with Gasteiger partial charge in [0.05, 0.1) is 18.2 Å². The second-order valence-corrected chi connectivity index (χ2v) is 6.13. The van der Waals surface area contributed by atoms with Crippen LogP contribution in [0.2, 0.25) is 0 Å². The first kappa shape index (κ1) is 16.5. The summed E-state index contributed by atoms with van der Waals surface area (Å²) in [7, 11) is 0. The van der Waals surface area contributed by atoms with Crippen LogP contribution in [0.5, 0.6) is 5.75 Å². The molecule has 24 heavy (non-hydrogen) atoms. The van der Waals surface area contributed by atoms with E-state index in [4.69, 9.17) is 4.74 Å². The van der Waals surface area contributed by atoms with Gasteiger partial charge in [-0.05, 0) is 45.7 Å². The van der Waals surface area contributed by atoms with Crippen molar-refractivity contribution in [1.29, 1.82) is 0 Å². The van der Waals surface area contributed by atoms with Crippen LogP contribution >= 0.6 is 0 Å². The van der Waals surface area contributed by atoms with Crippen LogP contribution in [0.4, 0.5) is 0 Å². The molecule has 0 aliphatic carbocycles. The molecule has 0 saturated carbocycles. The minimum Gasteiger partial charge on any atom is -0.493 e. The van der Waals surface area contributed by atoms with Crippen LogP contribution in [-0.2, 0) is 0 Å². The summed E-state index contributed by atoms with van der Waals surface area (Å²) in [6, 6.07) is 7.64. The van der Waals surface area contributed by atoms with Gasteiger partial charge in [0.1, 0.15) is 17.4 Å². The minimum absolute atomic E-state index is 0.0261. The normalized spacial score (nSPS) is 17.8. The Morgan fingerprint density at radius 3 is 2.83 bits per heavy atom. The first-order valence-electron chi connectivity index (χ1n) is 8.51. The molecule has 1 amide bonds. The third kappa shape index (κ3) is 3.27. The third-order valence-electron chi connectivity index (χ3n) is 4.35. The molecule has 1 fully saturated rings. The van der Waals surface area contributed by atoms with E-state index in [-0.39, 0.29) is 11.9 Å². The number of carbonyl (C=O) groups is 1. The van der Waals surface area contributed by atoms with Gasteiger partial charge < -0.3 is 9.64 Å². The van der Waals surface area contributed by atoms with Crippen molar-refractivity contribution in [2.75, 3.05) is 19.7 Å². The molecule has 2 heterocycles. The van der Waals surface area contributed by atoms with E-state index in [1.54, 1.807) is 0 Å². The van der Waals surface area contributed by atoms with Crippen molar-refractivity contribution in [3.05, 3.63) is 41.5 Å². The summed E-state index contributed by atoms with van der Waals surface area (Å²) in [6.07, 6.45) is 1.98. The maximum Gasteiger partial charge on any atom is 0.257 e. The molecule has 6 nitrogen and oxygen atoms in total. The topological polar surface area (TPSA) is 60.2 Å². The van der Waals surface area contributed by atoms with E-state index in [0.29, 0.717) is 24.5 Å². The number of piperidine rings is 1. The lowest BCUT2D eigenvalue weighted by Crippen LogP contribution is -2.41. The van der Waals surface area contributed by atoms with Crippen molar-refractivity contribution in [1.82, 2.24) is 19.7 Å². The monoisotopic (exact) mass is 328 g/mol. The highest BCUT2D eigenvalue weighted by Gasteiger charge is 2.28.